The lowest BCUT2D eigenvalue weighted by Gasteiger charge is -2.36. The van der Waals surface area contributed by atoms with Gasteiger partial charge in [-0.3, -0.25) is 33.6 Å². The number of piperazine rings is 1. The summed E-state index contributed by atoms with van der Waals surface area (Å²) in [6.07, 6.45) is 0. The number of hydrogen-bond acceptors (Lipinski definition) is 12. The van der Waals surface area contributed by atoms with Gasteiger partial charge in [-0.25, -0.2) is 4.79 Å². The maximum atomic E-state index is 14.4. The Labute approximate surface area is 284 Å². The standard InChI is InChI=1S/C36H27N3O12/c1-13-10-18-25(35(48)38(13)12-21(41)39-11-19(36(49)51-4)37-34(47)14(39)2)31(45)23-16(28(18)42)8-9-17-24(23)32(46)26-27(33(17)50-3)30(44)22-15(29(26)43)6-5-7-20(22)40/h5-10,14,19,43-44H,11-12H2,1-4H3,(H,37,47). The van der Waals surface area contributed by atoms with Crippen LogP contribution in [-0.4, -0.2) is 70.3 Å². The highest BCUT2D eigenvalue weighted by Gasteiger charge is 2.38. The molecule has 2 atom stereocenters. The molecule has 0 spiro atoms. The first-order valence-corrected chi connectivity index (χ1v) is 15.6. The second kappa shape index (κ2) is 11.5. The number of amides is 2. The molecule has 0 aliphatic carbocycles. The Morgan fingerprint density at radius 2 is 1.47 bits per heavy atom. The number of pyridine rings is 1. The Morgan fingerprint density at radius 3 is 2.16 bits per heavy atom. The van der Waals surface area contributed by atoms with Crippen LogP contribution in [0, 0.1) is 6.92 Å². The maximum Gasteiger partial charge on any atom is 0.330 e. The molecule has 0 bridgehead atoms. The SMILES string of the molecule is COC(=O)C1CN(C(=O)Cn2c(C)cc3c(=O)c4ccc5c(OC)c6c(O)c7c(=O)cccc7c(O)c6c(=O)c5c4c(=O)c3c2=O)C(C)C(=O)N1. The van der Waals surface area contributed by atoms with Gasteiger partial charge in [0.2, 0.25) is 17.2 Å². The highest BCUT2D eigenvalue weighted by atomic mass is 16.5. The van der Waals surface area contributed by atoms with Gasteiger partial charge in [0, 0.05) is 38.0 Å². The van der Waals surface area contributed by atoms with E-state index in [9.17, 15) is 48.6 Å². The lowest BCUT2D eigenvalue weighted by molar-refractivity contribution is -0.153. The first kappa shape index (κ1) is 32.9. The number of phenolic OH excluding ortho intramolecular Hbond substituents is 2. The van der Waals surface area contributed by atoms with E-state index in [4.69, 9.17) is 9.47 Å². The van der Waals surface area contributed by atoms with Gasteiger partial charge in [0.25, 0.3) is 5.56 Å². The third-order valence-corrected chi connectivity index (χ3v) is 9.67. The molecular weight excluding hydrogens is 666 g/mol. The van der Waals surface area contributed by atoms with E-state index in [-0.39, 0.29) is 55.7 Å². The largest absolute Gasteiger partial charge is 0.506 e. The number of carbonyl (C=O) groups is 3. The van der Waals surface area contributed by atoms with Crippen LogP contribution in [0.15, 0.2) is 60.4 Å². The highest BCUT2D eigenvalue weighted by Crippen LogP contribution is 2.46. The average molecular weight is 694 g/mol. The number of carbonyl (C=O) groups excluding carboxylic acids is 3. The summed E-state index contributed by atoms with van der Waals surface area (Å²) in [6.45, 7) is 1.97. The zero-order valence-electron chi connectivity index (χ0n) is 27.4. The molecular formula is C36H27N3O12. The number of nitrogens with zero attached hydrogens (tertiary/aromatic N) is 2. The Kier molecular flexibility index (Phi) is 7.40. The highest BCUT2D eigenvalue weighted by molar-refractivity contribution is 6.22. The van der Waals surface area contributed by atoms with Crippen LogP contribution in [0.25, 0.3) is 53.9 Å². The molecule has 1 aliphatic rings. The quantitative estimate of drug-likeness (QED) is 0.0999. The number of rotatable bonds is 4. The molecule has 5 aromatic carbocycles. The molecule has 258 valence electrons. The number of phenols is 2. The molecule has 3 N–H and O–H groups in total. The minimum atomic E-state index is -1.15. The molecule has 2 amide bonds. The van der Waals surface area contributed by atoms with Crippen molar-refractivity contribution >= 4 is 71.6 Å². The number of nitrogens with one attached hydrogen (secondary N) is 1. The molecule has 15 heteroatoms. The van der Waals surface area contributed by atoms with E-state index >= 15 is 0 Å². The zero-order valence-corrected chi connectivity index (χ0v) is 27.4. The normalized spacial score (nSPS) is 16.3. The molecule has 2 unspecified atom stereocenters. The summed E-state index contributed by atoms with van der Waals surface area (Å²) in [5.41, 5.74) is -4.27. The predicted octanol–water partition coefficient (Wildman–Crippen LogP) is 0.547. The Morgan fingerprint density at radius 1 is 0.804 bits per heavy atom. The lowest BCUT2D eigenvalue weighted by Crippen LogP contribution is -2.63. The second-order valence-electron chi connectivity index (χ2n) is 12.3. The van der Waals surface area contributed by atoms with Crippen LogP contribution < -0.4 is 37.3 Å². The fourth-order valence-electron chi connectivity index (χ4n) is 7.12. The Bertz CT molecular complexity index is 2890. The van der Waals surface area contributed by atoms with Gasteiger partial charge in [0.05, 0.1) is 42.3 Å². The van der Waals surface area contributed by atoms with Gasteiger partial charge in [-0.05, 0) is 38.1 Å². The van der Waals surface area contributed by atoms with Gasteiger partial charge in [-0.15, -0.1) is 0 Å². The van der Waals surface area contributed by atoms with E-state index < -0.39 is 91.3 Å². The smallest absolute Gasteiger partial charge is 0.330 e. The van der Waals surface area contributed by atoms with Crippen LogP contribution in [-0.2, 0) is 25.7 Å². The Hall–Kier alpha value is -6.64. The molecule has 1 fully saturated rings. The average Bonchev–Trinajstić information content (AvgIpc) is 3.11. The van der Waals surface area contributed by atoms with E-state index in [2.05, 4.69) is 5.32 Å². The number of fused-ring (bicyclic) bond motifs is 6. The number of aromatic nitrogens is 1. The topological polar surface area (TPSA) is 216 Å². The van der Waals surface area contributed by atoms with E-state index in [0.29, 0.717) is 0 Å². The summed E-state index contributed by atoms with van der Waals surface area (Å²) in [5, 5.41) is 21.9. The Balaban J connectivity index is 1.52. The summed E-state index contributed by atoms with van der Waals surface area (Å²) < 4.78 is 11.2. The van der Waals surface area contributed by atoms with Gasteiger partial charge in [0.15, 0.2) is 16.3 Å². The van der Waals surface area contributed by atoms with Crippen LogP contribution in [0.4, 0.5) is 0 Å². The molecule has 2 heterocycles. The minimum Gasteiger partial charge on any atom is -0.506 e. The number of aromatic hydroxyl groups is 2. The van der Waals surface area contributed by atoms with Crippen molar-refractivity contribution in [3.63, 3.8) is 0 Å². The van der Waals surface area contributed by atoms with Crippen LogP contribution in [0.5, 0.6) is 17.2 Å². The van der Waals surface area contributed by atoms with Crippen molar-refractivity contribution < 1.29 is 34.1 Å². The van der Waals surface area contributed by atoms with Crippen LogP contribution >= 0.6 is 0 Å². The van der Waals surface area contributed by atoms with Gasteiger partial charge >= 0.3 is 5.97 Å². The first-order valence-electron chi connectivity index (χ1n) is 15.6. The van der Waals surface area contributed by atoms with E-state index in [1.54, 1.807) is 0 Å². The third-order valence-electron chi connectivity index (χ3n) is 9.67. The van der Waals surface area contributed by atoms with Crippen molar-refractivity contribution in [2.75, 3.05) is 20.8 Å². The van der Waals surface area contributed by atoms with Crippen molar-refractivity contribution in [2.24, 2.45) is 0 Å². The van der Waals surface area contributed by atoms with E-state index in [0.717, 1.165) is 16.6 Å². The summed E-state index contributed by atoms with van der Waals surface area (Å²) in [7, 11) is 2.34. The maximum absolute atomic E-state index is 14.4. The molecule has 7 rings (SSSR count). The number of methoxy groups -OCH3 is 2. The van der Waals surface area contributed by atoms with Crippen LogP contribution in [0.2, 0.25) is 0 Å². The minimum absolute atomic E-state index is 0.0454. The van der Waals surface area contributed by atoms with Gasteiger partial charge in [-0.1, -0.05) is 12.1 Å². The molecule has 1 saturated heterocycles. The summed E-state index contributed by atoms with van der Waals surface area (Å²) in [4.78, 5) is 109. The van der Waals surface area contributed by atoms with Crippen molar-refractivity contribution in [1.82, 2.24) is 14.8 Å². The molecule has 0 radical (unpaired) electrons. The number of hydrogen-bond donors (Lipinski definition) is 3. The number of aryl methyl sites for hydroxylation is 1. The van der Waals surface area contributed by atoms with E-state index in [1.165, 1.54) is 57.4 Å². The van der Waals surface area contributed by atoms with Crippen LogP contribution in [0.3, 0.4) is 0 Å². The van der Waals surface area contributed by atoms with Crippen molar-refractivity contribution in [3.05, 3.63) is 93.3 Å². The number of esters is 1. The molecule has 15 nitrogen and oxygen atoms in total. The zero-order chi connectivity index (χ0) is 36.8. The number of ether oxygens (including phenoxy) is 2. The van der Waals surface area contributed by atoms with Gasteiger partial charge in [-0.2, -0.15) is 0 Å². The molecule has 6 aromatic rings. The second-order valence-corrected chi connectivity index (χ2v) is 12.3. The third kappa shape index (κ3) is 4.50. The molecule has 0 saturated carbocycles. The van der Waals surface area contributed by atoms with Gasteiger partial charge < -0.3 is 34.5 Å². The molecule has 51 heavy (non-hydrogen) atoms. The predicted molar refractivity (Wildman–Crippen MR) is 185 cm³/mol. The first-order chi connectivity index (χ1) is 24.2. The summed E-state index contributed by atoms with van der Waals surface area (Å²) in [6, 6.07) is 5.54. The van der Waals surface area contributed by atoms with E-state index in [1.807, 2.05) is 0 Å². The molecule has 1 aliphatic heterocycles. The monoisotopic (exact) mass is 693 g/mol. The summed E-state index contributed by atoms with van der Waals surface area (Å²) in [5.74, 6) is -3.62. The van der Waals surface area contributed by atoms with Crippen LogP contribution in [0.1, 0.15) is 12.6 Å². The van der Waals surface area contributed by atoms with Gasteiger partial charge in [0.1, 0.15) is 35.9 Å². The van der Waals surface area contributed by atoms with Crippen molar-refractivity contribution in [1.29, 1.82) is 0 Å². The number of benzene rings is 5. The van der Waals surface area contributed by atoms with Crippen molar-refractivity contribution in [3.8, 4) is 17.2 Å². The fourth-order valence-corrected chi connectivity index (χ4v) is 7.12. The lowest BCUT2D eigenvalue weighted by atomic mass is 9.92. The molecule has 1 aromatic heterocycles. The fraction of sp³-hybridized carbons (Fsp3) is 0.222. The summed E-state index contributed by atoms with van der Waals surface area (Å²) >= 11 is 0. The van der Waals surface area contributed by atoms with Crippen molar-refractivity contribution in [2.45, 2.75) is 32.5 Å².